The number of methoxy groups -OCH3 is 1. The average molecular weight is 435 g/mol. The quantitative estimate of drug-likeness (QED) is 0.366. The second kappa shape index (κ2) is 8.62. The lowest BCUT2D eigenvalue weighted by atomic mass is 9.94. The molecular formula is C24H19ClN2O4. The van der Waals surface area contributed by atoms with Gasteiger partial charge in [-0.1, -0.05) is 35.9 Å². The zero-order chi connectivity index (χ0) is 22.0. The van der Waals surface area contributed by atoms with Gasteiger partial charge in [0.15, 0.2) is 0 Å². The number of carbonyl (C=O) groups excluding carboxylic acids is 2. The number of para-hydroxylation sites is 1. The van der Waals surface area contributed by atoms with E-state index in [0.29, 0.717) is 21.9 Å². The molecule has 31 heavy (non-hydrogen) atoms. The Morgan fingerprint density at radius 3 is 2.52 bits per heavy atom. The molecule has 1 saturated heterocycles. The maximum Gasteiger partial charge on any atom is 0.295 e. The second-order valence-corrected chi connectivity index (χ2v) is 7.47. The largest absolute Gasteiger partial charge is 0.507 e. The molecule has 1 amide bonds. The first-order chi connectivity index (χ1) is 15.0. The number of hydrogen-bond donors (Lipinski definition) is 1. The lowest BCUT2D eigenvalue weighted by Gasteiger charge is -2.26. The van der Waals surface area contributed by atoms with Gasteiger partial charge in [0.1, 0.15) is 11.5 Å². The van der Waals surface area contributed by atoms with Crippen LogP contribution in [0.3, 0.4) is 0 Å². The molecule has 1 aromatic heterocycles. The van der Waals surface area contributed by atoms with E-state index in [-0.39, 0.29) is 17.9 Å². The standard InChI is InChI=1S/C24H19ClN2O4/c1-31-19-7-3-2-6-18(19)21-20(22(28)16-8-10-17(25)11-9-16)23(29)24(30)27(21)14-15-5-4-12-26-13-15/h2-13,21,28H,14H2,1H3/b22-20+. The van der Waals surface area contributed by atoms with Crippen molar-refractivity contribution in [3.05, 3.63) is 100 Å². The summed E-state index contributed by atoms with van der Waals surface area (Å²) in [5.74, 6) is -1.21. The summed E-state index contributed by atoms with van der Waals surface area (Å²) in [7, 11) is 1.52. The van der Waals surface area contributed by atoms with Crippen molar-refractivity contribution < 1.29 is 19.4 Å². The van der Waals surface area contributed by atoms with E-state index in [9.17, 15) is 14.7 Å². The fourth-order valence-corrected chi connectivity index (χ4v) is 3.84. The average Bonchev–Trinajstić information content (AvgIpc) is 3.04. The first kappa shape index (κ1) is 20.6. The summed E-state index contributed by atoms with van der Waals surface area (Å²) in [6, 6.07) is 16.3. The minimum absolute atomic E-state index is 0.000660. The minimum Gasteiger partial charge on any atom is -0.507 e. The molecule has 4 rings (SSSR count). The summed E-state index contributed by atoms with van der Waals surface area (Å²) in [6.45, 7) is 0.151. The molecule has 1 unspecified atom stereocenters. The van der Waals surface area contributed by atoms with Crippen LogP contribution in [0, 0.1) is 0 Å². The van der Waals surface area contributed by atoms with Gasteiger partial charge in [-0.25, -0.2) is 0 Å². The smallest absolute Gasteiger partial charge is 0.295 e. The topological polar surface area (TPSA) is 79.7 Å². The summed E-state index contributed by atoms with van der Waals surface area (Å²) in [6.07, 6.45) is 3.27. The molecule has 156 valence electrons. The lowest BCUT2D eigenvalue weighted by Crippen LogP contribution is -2.29. The Kier molecular flexibility index (Phi) is 5.73. The molecule has 0 spiro atoms. The second-order valence-electron chi connectivity index (χ2n) is 7.04. The molecule has 0 saturated carbocycles. The number of pyridine rings is 1. The number of ether oxygens (including phenoxy) is 1. The third-order valence-electron chi connectivity index (χ3n) is 5.17. The number of aromatic nitrogens is 1. The molecule has 1 fully saturated rings. The van der Waals surface area contributed by atoms with E-state index >= 15 is 0 Å². The third-order valence-corrected chi connectivity index (χ3v) is 5.42. The fourth-order valence-electron chi connectivity index (χ4n) is 3.71. The van der Waals surface area contributed by atoms with Gasteiger partial charge in [-0.15, -0.1) is 0 Å². The highest BCUT2D eigenvalue weighted by atomic mass is 35.5. The number of Topliss-reactive ketones (excluding diaryl/α,β-unsaturated/α-hetero) is 1. The number of carbonyl (C=O) groups is 2. The molecule has 1 aliphatic rings. The normalized spacial score (nSPS) is 17.7. The number of halogens is 1. The van der Waals surface area contributed by atoms with Crippen molar-refractivity contribution in [2.24, 2.45) is 0 Å². The Bertz CT molecular complexity index is 1160. The predicted octanol–water partition coefficient (Wildman–Crippen LogP) is 4.37. The van der Waals surface area contributed by atoms with Crippen LogP contribution >= 0.6 is 11.6 Å². The van der Waals surface area contributed by atoms with E-state index < -0.39 is 17.7 Å². The molecule has 0 aliphatic carbocycles. The van der Waals surface area contributed by atoms with Crippen LogP contribution in [0.4, 0.5) is 0 Å². The number of aliphatic hydroxyl groups excluding tert-OH is 1. The predicted molar refractivity (Wildman–Crippen MR) is 117 cm³/mol. The molecule has 6 nitrogen and oxygen atoms in total. The van der Waals surface area contributed by atoms with Gasteiger partial charge in [0.05, 0.1) is 18.7 Å². The van der Waals surface area contributed by atoms with Gasteiger partial charge in [-0.05, 0) is 42.0 Å². The summed E-state index contributed by atoms with van der Waals surface area (Å²) in [4.78, 5) is 31.6. The van der Waals surface area contributed by atoms with Crippen LogP contribution in [0.25, 0.3) is 5.76 Å². The number of nitrogens with zero attached hydrogens (tertiary/aromatic N) is 2. The first-order valence-corrected chi connectivity index (χ1v) is 9.95. The molecule has 2 aromatic carbocycles. The molecule has 0 radical (unpaired) electrons. The van der Waals surface area contributed by atoms with Crippen molar-refractivity contribution >= 4 is 29.1 Å². The Morgan fingerprint density at radius 1 is 1.10 bits per heavy atom. The highest BCUT2D eigenvalue weighted by molar-refractivity contribution is 6.46. The van der Waals surface area contributed by atoms with Crippen molar-refractivity contribution in [3.63, 3.8) is 0 Å². The minimum atomic E-state index is -0.827. The number of benzene rings is 2. The monoisotopic (exact) mass is 434 g/mol. The van der Waals surface area contributed by atoms with Crippen LogP contribution in [0.5, 0.6) is 5.75 Å². The number of rotatable bonds is 5. The van der Waals surface area contributed by atoms with E-state index in [1.165, 1.54) is 12.0 Å². The fraction of sp³-hybridized carbons (Fsp3) is 0.125. The molecular weight excluding hydrogens is 416 g/mol. The number of hydrogen-bond acceptors (Lipinski definition) is 5. The van der Waals surface area contributed by atoms with Gasteiger partial charge in [0.25, 0.3) is 11.7 Å². The zero-order valence-electron chi connectivity index (χ0n) is 16.7. The molecule has 2 heterocycles. The summed E-state index contributed by atoms with van der Waals surface area (Å²) >= 11 is 5.96. The van der Waals surface area contributed by atoms with E-state index in [1.807, 2.05) is 6.07 Å². The SMILES string of the molecule is COc1ccccc1C1/C(=C(\O)c2ccc(Cl)cc2)C(=O)C(=O)N1Cc1cccnc1. The van der Waals surface area contributed by atoms with Crippen LogP contribution in [-0.2, 0) is 16.1 Å². The molecule has 1 atom stereocenters. The summed E-state index contributed by atoms with van der Waals surface area (Å²) < 4.78 is 5.49. The van der Waals surface area contributed by atoms with Gasteiger partial charge >= 0.3 is 0 Å². The molecule has 7 heteroatoms. The van der Waals surface area contributed by atoms with E-state index in [0.717, 1.165) is 5.56 Å². The van der Waals surface area contributed by atoms with Crippen LogP contribution < -0.4 is 4.74 Å². The Balaban J connectivity index is 1.90. The Hall–Kier alpha value is -3.64. The van der Waals surface area contributed by atoms with Crippen LogP contribution in [0.2, 0.25) is 5.02 Å². The van der Waals surface area contributed by atoms with E-state index in [2.05, 4.69) is 4.98 Å². The maximum atomic E-state index is 13.1. The van der Waals surface area contributed by atoms with Crippen LogP contribution in [0.15, 0.2) is 78.6 Å². The van der Waals surface area contributed by atoms with E-state index in [4.69, 9.17) is 16.3 Å². The van der Waals surface area contributed by atoms with Crippen molar-refractivity contribution in [2.75, 3.05) is 7.11 Å². The van der Waals surface area contributed by atoms with Gasteiger partial charge in [-0.3, -0.25) is 14.6 Å². The molecule has 3 aromatic rings. The van der Waals surface area contributed by atoms with Crippen LogP contribution in [-0.4, -0.2) is 33.8 Å². The zero-order valence-corrected chi connectivity index (χ0v) is 17.4. The van der Waals surface area contributed by atoms with E-state index in [1.54, 1.807) is 67.0 Å². The lowest BCUT2D eigenvalue weighted by molar-refractivity contribution is -0.140. The Labute approximate surface area is 184 Å². The number of aliphatic hydroxyl groups is 1. The highest BCUT2D eigenvalue weighted by Gasteiger charge is 2.47. The van der Waals surface area contributed by atoms with Gasteiger partial charge in [0, 0.05) is 35.1 Å². The first-order valence-electron chi connectivity index (χ1n) is 9.57. The van der Waals surface area contributed by atoms with Crippen molar-refractivity contribution in [1.82, 2.24) is 9.88 Å². The molecule has 1 aliphatic heterocycles. The third kappa shape index (κ3) is 3.90. The number of ketones is 1. The van der Waals surface area contributed by atoms with Gasteiger partial charge < -0.3 is 14.7 Å². The van der Waals surface area contributed by atoms with Gasteiger partial charge in [0.2, 0.25) is 0 Å². The van der Waals surface area contributed by atoms with Crippen LogP contribution in [0.1, 0.15) is 22.7 Å². The molecule has 1 N–H and O–H groups in total. The van der Waals surface area contributed by atoms with Crippen molar-refractivity contribution in [2.45, 2.75) is 12.6 Å². The number of amides is 1. The Morgan fingerprint density at radius 2 is 1.84 bits per heavy atom. The summed E-state index contributed by atoms with van der Waals surface area (Å²) in [5.41, 5.74) is 1.75. The molecule has 0 bridgehead atoms. The maximum absolute atomic E-state index is 13.1. The number of likely N-dealkylation sites (tertiary alicyclic amines) is 1. The van der Waals surface area contributed by atoms with Crippen molar-refractivity contribution in [3.8, 4) is 5.75 Å². The summed E-state index contributed by atoms with van der Waals surface area (Å²) in [5, 5.41) is 11.6. The highest BCUT2D eigenvalue weighted by Crippen LogP contribution is 2.43. The van der Waals surface area contributed by atoms with Crippen molar-refractivity contribution in [1.29, 1.82) is 0 Å². The van der Waals surface area contributed by atoms with Gasteiger partial charge in [-0.2, -0.15) is 0 Å².